The molecular formula is C32H43ClN2O6. The number of esters is 1. The first-order valence-electron chi connectivity index (χ1n) is 14.6. The van der Waals surface area contributed by atoms with Gasteiger partial charge in [-0.05, 0) is 63.5 Å². The van der Waals surface area contributed by atoms with Crippen molar-refractivity contribution in [3.8, 4) is 0 Å². The summed E-state index contributed by atoms with van der Waals surface area (Å²) in [5, 5.41) is 10.7. The Morgan fingerprint density at radius 3 is 2.66 bits per heavy atom. The van der Waals surface area contributed by atoms with Crippen molar-refractivity contribution in [2.45, 2.75) is 83.1 Å². The molecule has 1 spiro atoms. The third-order valence-electron chi connectivity index (χ3n) is 9.40. The number of aliphatic hydroxyl groups is 1. The number of fused-ring (bicyclic) bond motifs is 1. The number of likely N-dealkylation sites (tertiary alicyclic amines) is 1. The van der Waals surface area contributed by atoms with E-state index in [2.05, 4.69) is 13.2 Å². The van der Waals surface area contributed by atoms with Gasteiger partial charge in [0.1, 0.15) is 17.6 Å². The van der Waals surface area contributed by atoms with Crippen molar-refractivity contribution >= 4 is 35.1 Å². The summed E-state index contributed by atoms with van der Waals surface area (Å²) in [5.41, 5.74) is -0.910. The number of unbranched alkanes of at least 4 members (excludes halogenated alkanes) is 2. The number of anilines is 1. The molecule has 1 N–H and O–H groups in total. The predicted molar refractivity (Wildman–Crippen MR) is 159 cm³/mol. The molecule has 9 heteroatoms. The van der Waals surface area contributed by atoms with E-state index < -0.39 is 41.1 Å². The summed E-state index contributed by atoms with van der Waals surface area (Å²) in [6.07, 6.45) is 6.64. The maximum Gasteiger partial charge on any atom is 0.312 e. The number of amides is 2. The number of carbonyl (C=O) groups is 3. The molecule has 0 saturated carbocycles. The van der Waals surface area contributed by atoms with Crippen molar-refractivity contribution in [3.63, 3.8) is 0 Å². The van der Waals surface area contributed by atoms with E-state index in [0.29, 0.717) is 30.0 Å². The Kier molecular flexibility index (Phi) is 9.36. The molecule has 224 valence electrons. The molecule has 1 aromatic carbocycles. The van der Waals surface area contributed by atoms with Gasteiger partial charge in [-0.2, -0.15) is 0 Å². The lowest BCUT2D eigenvalue weighted by Crippen LogP contribution is -2.59. The first-order chi connectivity index (χ1) is 19.5. The first-order valence-corrected chi connectivity index (χ1v) is 15.0. The lowest BCUT2D eigenvalue weighted by molar-refractivity contribution is -0.162. The first kappa shape index (κ1) is 31.3. The van der Waals surface area contributed by atoms with E-state index in [1.807, 2.05) is 45.9 Å². The Labute approximate surface area is 248 Å². The number of carbonyl (C=O) groups excluding carboxylic acids is 3. The number of para-hydroxylation sites is 1. The number of benzene rings is 1. The molecule has 41 heavy (non-hydrogen) atoms. The van der Waals surface area contributed by atoms with Gasteiger partial charge in [-0.3, -0.25) is 14.4 Å². The maximum absolute atomic E-state index is 14.8. The van der Waals surface area contributed by atoms with Crippen LogP contribution in [0, 0.1) is 24.7 Å². The van der Waals surface area contributed by atoms with Crippen molar-refractivity contribution in [2.75, 3.05) is 24.7 Å². The average molecular weight is 587 g/mol. The zero-order valence-corrected chi connectivity index (χ0v) is 25.4. The van der Waals surface area contributed by atoms with Crippen molar-refractivity contribution in [1.29, 1.82) is 0 Å². The molecule has 0 radical (unpaired) electrons. The van der Waals surface area contributed by atoms with Crippen LogP contribution in [-0.4, -0.2) is 70.8 Å². The monoisotopic (exact) mass is 586 g/mol. The minimum atomic E-state index is -1.26. The highest BCUT2D eigenvalue weighted by Gasteiger charge is 2.80. The van der Waals surface area contributed by atoms with E-state index in [1.165, 1.54) is 4.90 Å². The second-order valence-electron chi connectivity index (χ2n) is 11.8. The van der Waals surface area contributed by atoms with Crippen LogP contribution in [0.2, 0.25) is 5.02 Å². The Bertz CT molecular complexity index is 1180. The molecule has 3 fully saturated rings. The summed E-state index contributed by atoms with van der Waals surface area (Å²) in [4.78, 5) is 45.8. The highest BCUT2D eigenvalue weighted by Crippen LogP contribution is 2.66. The molecule has 3 saturated heterocycles. The highest BCUT2D eigenvalue weighted by molar-refractivity contribution is 6.34. The highest BCUT2D eigenvalue weighted by atomic mass is 35.5. The van der Waals surface area contributed by atoms with Gasteiger partial charge in [0.2, 0.25) is 5.91 Å². The van der Waals surface area contributed by atoms with Crippen LogP contribution in [0.5, 0.6) is 0 Å². The van der Waals surface area contributed by atoms with Crippen molar-refractivity contribution < 1.29 is 29.0 Å². The number of hydrogen-bond donors (Lipinski definition) is 1. The van der Waals surface area contributed by atoms with Crippen LogP contribution in [0.4, 0.5) is 5.69 Å². The number of hydrogen-bond acceptors (Lipinski definition) is 6. The van der Waals surface area contributed by atoms with Crippen molar-refractivity contribution in [1.82, 2.24) is 4.90 Å². The van der Waals surface area contributed by atoms with Crippen LogP contribution < -0.4 is 4.90 Å². The minimum absolute atomic E-state index is 0.121. The zero-order chi connectivity index (χ0) is 30.1. The van der Waals surface area contributed by atoms with Gasteiger partial charge < -0.3 is 24.4 Å². The van der Waals surface area contributed by atoms with E-state index in [9.17, 15) is 19.5 Å². The molecule has 1 aromatic rings. The smallest absolute Gasteiger partial charge is 0.312 e. The number of ether oxygens (including phenoxy) is 2. The quantitative estimate of drug-likeness (QED) is 0.202. The van der Waals surface area contributed by atoms with Crippen LogP contribution in [0.25, 0.3) is 0 Å². The second-order valence-corrected chi connectivity index (χ2v) is 12.2. The van der Waals surface area contributed by atoms with E-state index in [1.54, 1.807) is 17.0 Å². The van der Waals surface area contributed by atoms with Crippen LogP contribution in [0.1, 0.15) is 58.4 Å². The number of aliphatic hydroxyl groups excluding tert-OH is 1. The lowest BCUT2D eigenvalue weighted by Gasteiger charge is -2.39. The molecule has 0 aromatic heterocycles. The van der Waals surface area contributed by atoms with E-state index >= 15 is 0 Å². The SMILES string of the molecule is C=CCCCCOC(=O)[C@@H]1[C@H]2C(=O)N([C@@H](CC)CO)C(C(=O)N(CC=C)c3c(C)cccc3Cl)C23CC(C)[C@@]1(C)O3. The molecular weight excluding hydrogens is 544 g/mol. The summed E-state index contributed by atoms with van der Waals surface area (Å²) in [5.74, 6) is -3.11. The third kappa shape index (κ3) is 5.02. The summed E-state index contributed by atoms with van der Waals surface area (Å²) >= 11 is 6.62. The van der Waals surface area contributed by atoms with Gasteiger partial charge in [0.25, 0.3) is 5.91 Å². The summed E-state index contributed by atoms with van der Waals surface area (Å²) in [7, 11) is 0. The van der Waals surface area contributed by atoms with Crippen LogP contribution >= 0.6 is 11.6 Å². The van der Waals surface area contributed by atoms with Crippen LogP contribution in [-0.2, 0) is 23.9 Å². The lowest BCUT2D eigenvalue weighted by atomic mass is 9.62. The average Bonchev–Trinajstić information content (AvgIpc) is 3.45. The normalized spacial score (nSPS) is 30.7. The third-order valence-corrected chi connectivity index (χ3v) is 9.70. The number of aryl methyl sites for hydroxylation is 1. The molecule has 7 atom stereocenters. The van der Waals surface area contributed by atoms with Crippen LogP contribution in [0.15, 0.2) is 43.5 Å². The topological polar surface area (TPSA) is 96.4 Å². The summed E-state index contributed by atoms with van der Waals surface area (Å²) in [6, 6.07) is 3.71. The fraction of sp³-hybridized carbons (Fsp3) is 0.594. The van der Waals surface area contributed by atoms with E-state index in [0.717, 1.165) is 18.4 Å². The molecule has 4 rings (SSSR count). The van der Waals surface area contributed by atoms with Gasteiger partial charge in [0.05, 0.1) is 41.5 Å². The molecule has 8 nitrogen and oxygen atoms in total. The van der Waals surface area contributed by atoms with Gasteiger partial charge in [-0.25, -0.2) is 0 Å². The number of allylic oxidation sites excluding steroid dienone is 1. The zero-order valence-electron chi connectivity index (χ0n) is 24.6. The van der Waals surface area contributed by atoms with Gasteiger partial charge in [0.15, 0.2) is 0 Å². The Balaban J connectivity index is 1.80. The van der Waals surface area contributed by atoms with E-state index in [4.69, 9.17) is 21.1 Å². The molecule has 2 bridgehead atoms. The van der Waals surface area contributed by atoms with E-state index in [-0.39, 0.29) is 37.5 Å². The van der Waals surface area contributed by atoms with Crippen molar-refractivity contribution in [2.24, 2.45) is 17.8 Å². The predicted octanol–water partition coefficient (Wildman–Crippen LogP) is 4.85. The fourth-order valence-electron chi connectivity index (χ4n) is 7.31. The molecule has 3 aliphatic heterocycles. The number of rotatable bonds is 13. The van der Waals surface area contributed by atoms with Gasteiger partial charge in [-0.15, -0.1) is 13.2 Å². The molecule has 3 unspecified atom stereocenters. The molecule has 0 aliphatic carbocycles. The number of nitrogens with zero attached hydrogens (tertiary/aromatic N) is 2. The standard InChI is InChI=1S/C32H43ClN2O6/c1-7-10-11-12-17-40-30(39)25-24-28(37)35(22(9-3)19-36)27(32(24)18-21(5)31(25,6)41-32)29(38)34(16-8-2)26-20(4)14-13-15-23(26)33/h7-8,13-15,21-22,24-25,27,36H,1-2,9-12,16-19H2,3-6H3/t21?,22-,24-,25-,27?,31+,32?/m0/s1. The molecule has 2 amide bonds. The Morgan fingerprint density at radius 2 is 2.05 bits per heavy atom. The van der Waals surface area contributed by atoms with Gasteiger partial charge in [-0.1, -0.05) is 49.7 Å². The summed E-state index contributed by atoms with van der Waals surface area (Å²) in [6.45, 7) is 15.2. The number of halogens is 1. The fourth-order valence-corrected chi connectivity index (χ4v) is 7.63. The largest absolute Gasteiger partial charge is 0.465 e. The van der Waals surface area contributed by atoms with Crippen LogP contribution in [0.3, 0.4) is 0 Å². The van der Waals surface area contributed by atoms with Gasteiger partial charge >= 0.3 is 5.97 Å². The van der Waals surface area contributed by atoms with Crippen molar-refractivity contribution in [3.05, 3.63) is 54.1 Å². The molecule has 3 aliphatic rings. The maximum atomic E-state index is 14.8. The Hall–Kier alpha value is -2.68. The van der Waals surface area contributed by atoms with Gasteiger partial charge in [0, 0.05) is 6.54 Å². The second kappa shape index (κ2) is 12.3. The molecule has 3 heterocycles. The summed E-state index contributed by atoms with van der Waals surface area (Å²) < 4.78 is 12.5. The minimum Gasteiger partial charge on any atom is -0.465 e. The Morgan fingerprint density at radius 1 is 1.32 bits per heavy atom.